The predicted molar refractivity (Wildman–Crippen MR) is 78.6 cm³/mol. The monoisotopic (exact) mass is 263 g/mol. The van der Waals surface area contributed by atoms with E-state index in [0.29, 0.717) is 18.9 Å². The Hall–Kier alpha value is -1.51. The largest absolute Gasteiger partial charge is 0.494 e. The second-order valence-electron chi connectivity index (χ2n) is 5.12. The van der Waals surface area contributed by atoms with Crippen LogP contribution in [0.3, 0.4) is 0 Å². The first-order chi connectivity index (χ1) is 9.04. The number of hydrogen-bond acceptors (Lipinski definition) is 2. The minimum absolute atomic E-state index is 0.149. The van der Waals surface area contributed by atoms with Crippen LogP contribution in [0.2, 0.25) is 0 Å². The number of nitrogens with zero attached hydrogens (tertiary/aromatic N) is 1. The summed E-state index contributed by atoms with van der Waals surface area (Å²) < 4.78 is 5.63. The summed E-state index contributed by atoms with van der Waals surface area (Å²) in [7, 11) is 3.55. The first-order valence-electron chi connectivity index (χ1n) is 6.97. The van der Waals surface area contributed by atoms with Crippen LogP contribution in [0.25, 0.3) is 0 Å². The van der Waals surface area contributed by atoms with Crippen LogP contribution in [0.1, 0.15) is 44.6 Å². The Morgan fingerprint density at radius 2 is 1.89 bits per heavy atom. The second-order valence-corrected chi connectivity index (χ2v) is 5.12. The van der Waals surface area contributed by atoms with E-state index in [1.807, 2.05) is 12.1 Å². The Morgan fingerprint density at radius 1 is 1.26 bits per heavy atom. The van der Waals surface area contributed by atoms with E-state index >= 15 is 0 Å². The molecule has 1 amide bonds. The van der Waals surface area contributed by atoms with E-state index in [1.54, 1.807) is 19.0 Å². The molecule has 1 aromatic carbocycles. The summed E-state index contributed by atoms with van der Waals surface area (Å²) in [5, 5.41) is 0. The standard InChI is InChI=1S/C16H25NO2/c1-5-13(2)14-8-10-15(11-9-14)19-12-6-7-16(18)17(3)4/h8-11,13H,5-7,12H2,1-4H3. The molecular weight excluding hydrogens is 238 g/mol. The summed E-state index contributed by atoms with van der Waals surface area (Å²) in [6.07, 6.45) is 2.44. The zero-order chi connectivity index (χ0) is 14.3. The molecule has 3 nitrogen and oxygen atoms in total. The van der Waals surface area contributed by atoms with Crippen LogP contribution in [0.15, 0.2) is 24.3 Å². The molecule has 0 aliphatic rings. The van der Waals surface area contributed by atoms with Crippen molar-refractivity contribution in [3.63, 3.8) is 0 Å². The van der Waals surface area contributed by atoms with Gasteiger partial charge in [-0.25, -0.2) is 0 Å². The van der Waals surface area contributed by atoms with Crippen LogP contribution in [0, 0.1) is 0 Å². The number of carbonyl (C=O) groups excluding carboxylic acids is 1. The molecule has 0 saturated heterocycles. The Bertz CT molecular complexity index is 384. The Labute approximate surface area is 116 Å². The first-order valence-corrected chi connectivity index (χ1v) is 6.97. The molecule has 0 saturated carbocycles. The minimum Gasteiger partial charge on any atom is -0.494 e. The molecule has 0 fully saturated rings. The summed E-state index contributed by atoms with van der Waals surface area (Å²) in [6, 6.07) is 8.26. The lowest BCUT2D eigenvalue weighted by molar-refractivity contribution is -0.128. The first kappa shape index (κ1) is 15.5. The van der Waals surface area contributed by atoms with Crippen molar-refractivity contribution in [3.05, 3.63) is 29.8 Å². The van der Waals surface area contributed by atoms with Crippen LogP contribution in [0.5, 0.6) is 5.75 Å². The molecule has 1 unspecified atom stereocenters. The summed E-state index contributed by atoms with van der Waals surface area (Å²) >= 11 is 0. The SMILES string of the molecule is CCC(C)c1ccc(OCCCC(=O)N(C)C)cc1. The van der Waals surface area contributed by atoms with Crippen LogP contribution >= 0.6 is 0 Å². The molecule has 1 rings (SSSR count). The lowest BCUT2D eigenvalue weighted by Crippen LogP contribution is -2.21. The van der Waals surface area contributed by atoms with E-state index in [1.165, 1.54) is 5.56 Å². The molecule has 0 radical (unpaired) electrons. The molecule has 1 atom stereocenters. The van der Waals surface area contributed by atoms with Gasteiger partial charge in [-0.15, -0.1) is 0 Å². The Kier molecular flexibility index (Phi) is 6.40. The fraction of sp³-hybridized carbons (Fsp3) is 0.562. The van der Waals surface area contributed by atoms with Gasteiger partial charge in [-0.05, 0) is 36.5 Å². The van der Waals surface area contributed by atoms with E-state index in [2.05, 4.69) is 26.0 Å². The Morgan fingerprint density at radius 3 is 2.42 bits per heavy atom. The number of hydrogen-bond donors (Lipinski definition) is 0. The van der Waals surface area contributed by atoms with Crippen LogP contribution < -0.4 is 4.74 Å². The molecule has 3 heteroatoms. The van der Waals surface area contributed by atoms with Gasteiger partial charge in [0.1, 0.15) is 5.75 Å². The maximum atomic E-state index is 11.4. The quantitative estimate of drug-likeness (QED) is 0.705. The van der Waals surface area contributed by atoms with Gasteiger partial charge in [0.25, 0.3) is 0 Å². The zero-order valence-electron chi connectivity index (χ0n) is 12.5. The van der Waals surface area contributed by atoms with Crippen molar-refractivity contribution in [1.29, 1.82) is 0 Å². The maximum Gasteiger partial charge on any atom is 0.222 e. The van der Waals surface area contributed by atoms with Crippen LogP contribution in [0.4, 0.5) is 0 Å². The fourth-order valence-electron chi connectivity index (χ4n) is 1.77. The Balaban J connectivity index is 2.32. The van der Waals surface area contributed by atoms with Crippen molar-refractivity contribution in [2.24, 2.45) is 0 Å². The molecule has 0 bridgehead atoms. The van der Waals surface area contributed by atoms with E-state index in [-0.39, 0.29) is 5.91 Å². The fourth-order valence-corrected chi connectivity index (χ4v) is 1.77. The number of ether oxygens (including phenoxy) is 1. The van der Waals surface area contributed by atoms with E-state index in [4.69, 9.17) is 4.74 Å². The molecule has 0 aliphatic heterocycles. The highest BCUT2D eigenvalue weighted by Crippen LogP contribution is 2.21. The summed E-state index contributed by atoms with van der Waals surface area (Å²) in [5.74, 6) is 1.62. The highest BCUT2D eigenvalue weighted by atomic mass is 16.5. The summed E-state index contributed by atoms with van der Waals surface area (Å²) in [4.78, 5) is 13.0. The van der Waals surface area contributed by atoms with Gasteiger partial charge in [0.15, 0.2) is 0 Å². The molecule has 0 aliphatic carbocycles. The topological polar surface area (TPSA) is 29.5 Å². The second kappa shape index (κ2) is 7.82. The van der Waals surface area contributed by atoms with E-state index < -0.39 is 0 Å². The third-order valence-electron chi connectivity index (χ3n) is 3.36. The van der Waals surface area contributed by atoms with Gasteiger partial charge in [0.05, 0.1) is 6.61 Å². The minimum atomic E-state index is 0.149. The van der Waals surface area contributed by atoms with E-state index in [9.17, 15) is 4.79 Å². The predicted octanol–water partition coefficient (Wildman–Crippen LogP) is 3.45. The lowest BCUT2D eigenvalue weighted by atomic mass is 9.99. The average molecular weight is 263 g/mol. The molecule has 0 N–H and O–H groups in total. The maximum absolute atomic E-state index is 11.4. The van der Waals surface area contributed by atoms with Gasteiger partial charge < -0.3 is 9.64 Å². The van der Waals surface area contributed by atoms with Crippen molar-refractivity contribution in [1.82, 2.24) is 4.90 Å². The zero-order valence-corrected chi connectivity index (χ0v) is 12.5. The lowest BCUT2D eigenvalue weighted by Gasteiger charge is -2.12. The van der Waals surface area contributed by atoms with Gasteiger partial charge in [-0.2, -0.15) is 0 Å². The van der Waals surface area contributed by atoms with Gasteiger partial charge >= 0.3 is 0 Å². The molecule has 0 spiro atoms. The summed E-state index contributed by atoms with van der Waals surface area (Å²) in [5.41, 5.74) is 1.35. The molecule has 19 heavy (non-hydrogen) atoms. The third-order valence-corrected chi connectivity index (χ3v) is 3.36. The van der Waals surface area contributed by atoms with Gasteiger partial charge in [0, 0.05) is 20.5 Å². The van der Waals surface area contributed by atoms with Gasteiger partial charge in [0.2, 0.25) is 5.91 Å². The number of benzene rings is 1. The normalized spacial score (nSPS) is 12.0. The van der Waals surface area contributed by atoms with Crippen LogP contribution in [-0.2, 0) is 4.79 Å². The van der Waals surface area contributed by atoms with Crippen molar-refractivity contribution in [2.45, 2.75) is 39.0 Å². The van der Waals surface area contributed by atoms with Crippen molar-refractivity contribution in [3.8, 4) is 5.75 Å². The number of amides is 1. The van der Waals surface area contributed by atoms with Crippen molar-refractivity contribution >= 4 is 5.91 Å². The molecular formula is C16H25NO2. The van der Waals surface area contributed by atoms with Gasteiger partial charge in [-0.3, -0.25) is 4.79 Å². The van der Waals surface area contributed by atoms with E-state index in [0.717, 1.165) is 18.6 Å². The molecule has 1 aromatic rings. The molecule has 0 aromatic heterocycles. The highest BCUT2D eigenvalue weighted by molar-refractivity contribution is 5.75. The van der Waals surface area contributed by atoms with Crippen LogP contribution in [-0.4, -0.2) is 31.5 Å². The smallest absolute Gasteiger partial charge is 0.222 e. The van der Waals surface area contributed by atoms with Crippen molar-refractivity contribution in [2.75, 3.05) is 20.7 Å². The highest BCUT2D eigenvalue weighted by Gasteiger charge is 2.04. The number of carbonyl (C=O) groups is 1. The average Bonchev–Trinajstić information content (AvgIpc) is 2.43. The van der Waals surface area contributed by atoms with Gasteiger partial charge in [-0.1, -0.05) is 26.0 Å². The number of rotatable bonds is 7. The molecule has 106 valence electrons. The molecule has 0 heterocycles. The third kappa shape index (κ3) is 5.33. The van der Waals surface area contributed by atoms with Crippen molar-refractivity contribution < 1.29 is 9.53 Å². The summed E-state index contributed by atoms with van der Waals surface area (Å²) in [6.45, 7) is 5.00.